The summed E-state index contributed by atoms with van der Waals surface area (Å²) in [4.78, 5) is 36.9. The Hall–Kier alpha value is -1.79. The number of nitrogens with zero attached hydrogens (tertiary/aromatic N) is 2. The van der Waals surface area contributed by atoms with Crippen molar-refractivity contribution in [3.05, 3.63) is 0 Å². The summed E-state index contributed by atoms with van der Waals surface area (Å²) in [6.07, 6.45) is -0.552. The summed E-state index contributed by atoms with van der Waals surface area (Å²) in [7, 11) is 0. The molecule has 1 atom stereocenters. The van der Waals surface area contributed by atoms with Gasteiger partial charge < -0.3 is 14.7 Å². The molecule has 0 bridgehead atoms. The SMILES string of the molecule is C[C@@H]1CN(CC(=O)O)C(=O)CN1C(=O)OC(C)(C)C. The fourth-order valence-corrected chi connectivity index (χ4v) is 1.80. The van der Waals surface area contributed by atoms with E-state index >= 15 is 0 Å². The van der Waals surface area contributed by atoms with Gasteiger partial charge in [-0.1, -0.05) is 0 Å². The maximum Gasteiger partial charge on any atom is 0.411 e. The molecular weight excluding hydrogens is 252 g/mol. The molecule has 108 valence electrons. The number of carboxylic acid groups (broad SMARTS) is 1. The quantitative estimate of drug-likeness (QED) is 0.792. The molecule has 1 N–H and O–H groups in total. The average molecular weight is 272 g/mol. The van der Waals surface area contributed by atoms with Gasteiger partial charge in [0.05, 0.1) is 6.04 Å². The normalized spacial score (nSPS) is 20.4. The highest BCUT2D eigenvalue weighted by atomic mass is 16.6. The summed E-state index contributed by atoms with van der Waals surface area (Å²) in [6, 6.07) is -0.271. The summed E-state index contributed by atoms with van der Waals surface area (Å²) < 4.78 is 5.21. The maximum atomic E-state index is 11.9. The van der Waals surface area contributed by atoms with Gasteiger partial charge in [0.2, 0.25) is 5.91 Å². The molecule has 7 nitrogen and oxygen atoms in total. The van der Waals surface area contributed by atoms with Crippen LogP contribution in [0.3, 0.4) is 0 Å². The van der Waals surface area contributed by atoms with Crippen molar-refractivity contribution in [2.45, 2.75) is 39.3 Å². The van der Waals surface area contributed by atoms with Gasteiger partial charge in [-0.2, -0.15) is 0 Å². The number of amides is 2. The fraction of sp³-hybridized carbons (Fsp3) is 0.750. The number of ether oxygens (including phenoxy) is 1. The van der Waals surface area contributed by atoms with Crippen molar-refractivity contribution in [2.75, 3.05) is 19.6 Å². The van der Waals surface area contributed by atoms with Crippen LogP contribution in [-0.2, 0) is 14.3 Å². The van der Waals surface area contributed by atoms with Crippen molar-refractivity contribution < 1.29 is 24.2 Å². The minimum absolute atomic E-state index is 0.149. The number of rotatable bonds is 2. The topological polar surface area (TPSA) is 87.2 Å². The number of carbonyl (C=O) groups excluding carboxylic acids is 2. The molecule has 1 rings (SSSR count). The Labute approximate surface area is 112 Å². The molecule has 0 unspecified atom stereocenters. The molecular formula is C12H20N2O5. The number of carboxylic acids is 1. The van der Waals surface area contributed by atoms with Gasteiger partial charge in [-0.05, 0) is 27.7 Å². The maximum absolute atomic E-state index is 11.9. The average Bonchev–Trinajstić information content (AvgIpc) is 2.19. The minimum atomic E-state index is -1.06. The predicted molar refractivity (Wildman–Crippen MR) is 66.6 cm³/mol. The minimum Gasteiger partial charge on any atom is -0.480 e. The van der Waals surface area contributed by atoms with E-state index in [0.29, 0.717) is 0 Å². The second-order valence-corrected chi connectivity index (χ2v) is 5.63. The van der Waals surface area contributed by atoms with Gasteiger partial charge in [-0.25, -0.2) is 4.79 Å². The van der Waals surface area contributed by atoms with Crippen LogP contribution < -0.4 is 0 Å². The number of piperazine rings is 1. The van der Waals surface area contributed by atoms with Crippen molar-refractivity contribution in [3.8, 4) is 0 Å². The van der Waals surface area contributed by atoms with Gasteiger partial charge in [0, 0.05) is 6.54 Å². The van der Waals surface area contributed by atoms with Crippen LogP contribution >= 0.6 is 0 Å². The summed E-state index contributed by atoms with van der Waals surface area (Å²) in [5, 5.41) is 8.70. The zero-order chi connectivity index (χ0) is 14.8. The number of carbonyl (C=O) groups is 3. The van der Waals surface area contributed by atoms with Gasteiger partial charge in [-0.15, -0.1) is 0 Å². The van der Waals surface area contributed by atoms with E-state index in [-0.39, 0.29) is 31.6 Å². The van der Waals surface area contributed by atoms with Crippen molar-refractivity contribution in [1.82, 2.24) is 9.80 Å². The Morgan fingerprint density at radius 2 is 2.00 bits per heavy atom. The molecule has 1 saturated heterocycles. The van der Waals surface area contributed by atoms with E-state index in [4.69, 9.17) is 9.84 Å². The zero-order valence-electron chi connectivity index (χ0n) is 11.7. The Balaban J connectivity index is 2.68. The van der Waals surface area contributed by atoms with Crippen LogP contribution in [0.1, 0.15) is 27.7 Å². The van der Waals surface area contributed by atoms with Crippen LogP contribution in [0.2, 0.25) is 0 Å². The third-order valence-corrected chi connectivity index (χ3v) is 2.63. The zero-order valence-corrected chi connectivity index (χ0v) is 11.7. The van der Waals surface area contributed by atoms with Crippen LogP contribution in [-0.4, -0.2) is 64.2 Å². The van der Waals surface area contributed by atoms with Crippen LogP contribution in [0, 0.1) is 0 Å². The van der Waals surface area contributed by atoms with Gasteiger partial charge >= 0.3 is 12.1 Å². The number of aliphatic carboxylic acids is 1. The van der Waals surface area contributed by atoms with Gasteiger partial charge in [-0.3, -0.25) is 14.5 Å². The summed E-state index contributed by atoms with van der Waals surface area (Å²) in [6.45, 7) is 6.71. The Bertz CT molecular complexity index is 388. The highest BCUT2D eigenvalue weighted by Gasteiger charge is 2.35. The lowest BCUT2D eigenvalue weighted by molar-refractivity contribution is -0.148. The van der Waals surface area contributed by atoms with E-state index in [0.717, 1.165) is 0 Å². The molecule has 0 aromatic heterocycles. The third kappa shape index (κ3) is 4.42. The van der Waals surface area contributed by atoms with Crippen LogP contribution in [0.4, 0.5) is 4.79 Å². The standard InChI is InChI=1S/C12H20N2O5/c1-8-5-13(7-10(16)17)9(15)6-14(8)11(18)19-12(2,3)4/h8H,5-7H2,1-4H3,(H,16,17)/t8-/m1/s1. The highest BCUT2D eigenvalue weighted by Crippen LogP contribution is 2.16. The molecule has 0 aromatic rings. The van der Waals surface area contributed by atoms with Crippen LogP contribution in [0.5, 0.6) is 0 Å². The first-order valence-electron chi connectivity index (χ1n) is 6.09. The first-order chi connectivity index (χ1) is 8.60. The number of hydrogen-bond acceptors (Lipinski definition) is 4. The van der Waals surface area contributed by atoms with Gasteiger partial charge in [0.25, 0.3) is 0 Å². The van der Waals surface area contributed by atoms with Gasteiger partial charge in [0.15, 0.2) is 0 Å². The third-order valence-electron chi connectivity index (χ3n) is 2.63. The molecule has 7 heteroatoms. The first kappa shape index (κ1) is 15.3. The van der Waals surface area contributed by atoms with Crippen molar-refractivity contribution in [2.24, 2.45) is 0 Å². The molecule has 1 aliphatic heterocycles. The Morgan fingerprint density at radius 1 is 1.42 bits per heavy atom. The molecule has 0 aliphatic carbocycles. The lowest BCUT2D eigenvalue weighted by atomic mass is 10.2. The molecule has 19 heavy (non-hydrogen) atoms. The molecule has 1 heterocycles. The number of hydrogen-bond donors (Lipinski definition) is 1. The predicted octanol–water partition coefficient (Wildman–Crippen LogP) is 0.539. The van der Waals surface area contributed by atoms with E-state index in [1.54, 1.807) is 27.7 Å². The Morgan fingerprint density at radius 3 is 2.47 bits per heavy atom. The fourth-order valence-electron chi connectivity index (χ4n) is 1.80. The molecule has 0 saturated carbocycles. The molecule has 0 radical (unpaired) electrons. The van der Waals surface area contributed by atoms with E-state index in [1.807, 2.05) is 0 Å². The van der Waals surface area contributed by atoms with Crippen LogP contribution in [0.15, 0.2) is 0 Å². The van der Waals surface area contributed by atoms with Crippen LogP contribution in [0.25, 0.3) is 0 Å². The smallest absolute Gasteiger partial charge is 0.411 e. The van der Waals surface area contributed by atoms with E-state index in [9.17, 15) is 14.4 Å². The molecule has 1 aliphatic rings. The summed E-state index contributed by atoms with van der Waals surface area (Å²) in [5.74, 6) is -1.45. The molecule has 0 spiro atoms. The van der Waals surface area contributed by atoms with Crippen molar-refractivity contribution >= 4 is 18.0 Å². The van der Waals surface area contributed by atoms with Crippen molar-refractivity contribution in [3.63, 3.8) is 0 Å². The lowest BCUT2D eigenvalue weighted by Gasteiger charge is -2.39. The second-order valence-electron chi connectivity index (χ2n) is 5.63. The first-order valence-corrected chi connectivity index (χ1v) is 6.09. The van der Waals surface area contributed by atoms with Crippen molar-refractivity contribution in [1.29, 1.82) is 0 Å². The largest absolute Gasteiger partial charge is 0.480 e. The lowest BCUT2D eigenvalue weighted by Crippen LogP contribution is -2.58. The molecule has 1 fully saturated rings. The summed E-state index contributed by atoms with van der Waals surface area (Å²) >= 11 is 0. The van der Waals surface area contributed by atoms with Gasteiger partial charge in [0.1, 0.15) is 18.7 Å². The molecule has 0 aromatic carbocycles. The monoisotopic (exact) mass is 272 g/mol. The highest BCUT2D eigenvalue weighted by molar-refractivity contribution is 5.86. The van der Waals surface area contributed by atoms with E-state index in [2.05, 4.69) is 0 Å². The van der Waals surface area contributed by atoms with E-state index in [1.165, 1.54) is 9.80 Å². The van der Waals surface area contributed by atoms with E-state index < -0.39 is 17.7 Å². The Kier molecular flexibility index (Phi) is 4.39. The molecule has 2 amide bonds. The second kappa shape index (κ2) is 5.46. The summed E-state index contributed by atoms with van der Waals surface area (Å²) in [5.41, 5.74) is -0.627.